The van der Waals surface area contributed by atoms with Crippen molar-refractivity contribution in [2.24, 2.45) is 0 Å². The number of unbranched alkanes of at least 4 members (excludes halogenated alkanes) is 44. The summed E-state index contributed by atoms with van der Waals surface area (Å²) in [6, 6.07) is -0.976. The largest absolute Gasteiger partial charge is 0.394 e. The Morgan fingerprint density at radius 3 is 1.12 bits per heavy atom. The molecule has 428 valence electrons. The van der Waals surface area contributed by atoms with Gasteiger partial charge in [0.1, 0.15) is 30.5 Å². The number of carbonyl (C=O) groups is 1. The molecule has 0 radical (unpaired) electrons. The van der Waals surface area contributed by atoms with Crippen LogP contribution in [0.5, 0.6) is 0 Å². The van der Waals surface area contributed by atoms with Crippen LogP contribution in [-0.2, 0) is 14.3 Å². The van der Waals surface area contributed by atoms with Gasteiger partial charge in [-0.05, 0) is 19.3 Å². The van der Waals surface area contributed by atoms with Crippen LogP contribution in [0.4, 0.5) is 0 Å². The van der Waals surface area contributed by atoms with Crippen molar-refractivity contribution in [3.05, 3.63) is 12.2 Å². The van der Waals surface area contributed by atoms with E-state index in [1.807, 2.05) is 6.08 Å². The van der Waals surface area contributed by atoms with Crippen LogP contribution in [0.1, 0.15) is 316 Å². The summed E-state index contributed by atoms with van der Waals surface area (Å²) in [5.41, 5.74) is 0. The molecule has 8 atom stereocenters. The zero-order valence-corrected chi connectivity index (χ0v) is 47.3. The third-order valence-electron chi connectivity index (χ3n) is 15.5. The van der Waals surface area contributed by atoms with Gasteiger partial charge in [-0.15, -0.1) is 0 Å². The van der Waals surface area contributed by atoms with Crippen LogP contribution in [0.3, 0.4) is 0 Å². The monoisotopic (exact) mass is 1020 g/mol. The van der Waals surface area contributed by atoms with Crippen molar-refractivity contribution in [3.8, 4) is 0 Å². The minimum absolute atomic E-state index is 0.300. The first kappa shape index (κ1) is 68.9. The molecule has 0 aromatic heterocycles. The molecule has 1 amide bonds. The Morgan fingerprint density at radius 1 is 0.472 bits per heavy atom. The van der Waals surface area contributed by atoms with Crippen molar-refractivity contribution < 1.29 is 44.9 Å². The van der Waals surface area contributed by atoms with Crippen molar-refractivity contribution in [2.75, 3.05) is 13.2 Å². The van der Waals surface area contributed by atoms with Crippen LogP contribution in [0.2, 0.25) is 0 Å². The first-order valence-electron chi connectivity index (χ1n) is 31.5. The Kier molecular flexibility index (Phi) is 49.7. The van der Waals surface area contributed by atoms with Gasteiger partial charge >= 0.3 is 0 Å². The van der Waals surface area contributed by atoms with E-state index >= 15 is 0 Å². The van der Waals surface area contributed by atoms with Crippen LogP contribution in [0, 0.1) is 0 Å². The molecule has 0 aromatic carbocycles. The van der Waals surface area contributed by atoms with E-state index in [2.05, 4.69) is 19.2 Å². The lowest BCUT2D eigenvalue weighted by atomic mass is 9.99. The molecular formula is C62H121NO9. The number of hydrogen-bond acceptors (Lipinski definition) is 9. The standard InChI is InChI=1S/C62H121NO9/c1-3-5-7-9-11-13-15-17-19-21-22-23-24-25-26-27-28-29-30-31-32-33-34-35-37-39-41-43-45-47-49-51-56(66)61(70)63-54(53-71-62-60(69)59(68)58(67)57(52-64)72-62)55(65)50-48-46-44-42-40-38-36-20-18-16-14-12-10-8-6-4-2/h48,50,54-60,62,64-69H,3-47,49,51-53H2,1-2H3,(H,63,70)/b50-48+. The maximum absolute atomic E-state index is 13.1. The number of allylic oxidation sites excluding steroid dienone is 1. The molecule has 72 heavy (non-hydrogen) atoms. The molecule has 1 aliphatic heterocycles. The van der Waals surface area contributed by atoms with Gasteiger partial charge in [-0.3, -0.25) is 4.79 Å². The van der Waals surface area contributed by atoms with Gasteiger partial charge in [0.25, 0.3) is 0 Å². The topological polar surface area (TPSA) is 169 Å². The summed E-state index contributed by atoms with van der Waals surface area (Å²) in [5.74, 6) is -0.609. The van der Waals surface area contributed by atoms with E-state index in [1.54, 1.807) is 6.08 Å². The van der Waals surface area contributed by atoms with E-state index in [0.29, 0.717) is 6.42 Å². The Labute approximate surface area is 444 Å². The molecule has 1 heterocycles. The first-order valence-corrected chi connectivity index (χ1v) is 31.5. The lowest BCUT2D eigenvalue weighted by Gasteiger charge is -2.40. The van der Waals surface area contributed by atoms with E-state index < -0.39 is 61.5 Å². The van der Waals surface area contributed by atoms with Gasteiger partial charge in [0, 0.05) is 0 Å². The van der Waals surface area contributed by atoms with E-state index in [-0.39, 0.29) is 6.61 Å². The maximum atomic E-state index is 13.1. The van der Waals surface area contributed by atoms with E-state index in [4.69, 9.17) is 9.47 Å². The Morgan fingerprint density at radius 2 is 0.792 bits per heavy atom. The highest BCUT2D eigenvalue weighted by atomic mass is 16.7. The highest BCUT2D eigenvalue weighted by Crippen LogP contribution is 2.23. The molecule has 7 N–H and O–H groups in total. The number of rotatable bonds is 55. The summed E-state index contributed by atoms with van der Waals surface area (Å²) in [5, 5.41) is 65.1. The lowest BCUT2D eigenvalue weighted by molar-refractivity contribution is -0.302. The number of aliphatic hydroxyl groups is 6. The molecule has 0 bridgehead atoms. The molecule has 1 rings (SSSR count). The summed E-state index contributed by atoms with van der Waals surface area (Å²) in [7, 11) is 0. The van der Waals surface area contributed by atoms with Gasteiger partial charge in [0.05, 0.1) is 25.4 Å². The fraction of sp³-hybridized carbons (Fsp3) is 0.952. The molecule has 1 fully saturated rings. The van der Waals surface area contributed by atoms with E-state index in [9.17, 15) is 35.4 Å². The highest BCUT2D eigenvalue weighted by Gasteiger charge is 2.44. The van der Waals surface area contributed by atoms with E-state index in [1.165, 1.54) is 250 Å². The Bertz CT molecular complexity index is 1160. The number of ether oxygens (including phenoxy) is 2. The molecule has 1 saturated heterocycles. The first-order chi connectivity index (χ1) is 35.3. The number of hydrogen-bond donors (Lipinski definition) is 7. The van der Waals surface area contributed by atoms with Crippen molar-refractivity contribution in [1.82, 2.24) is 5.32 Å². The number of nitrogens with one attached hydrogen (secondary N) is 1. The summed E-state index contributed by atoms with van der Waals surface area (Å²) in [6.45, 7) is 3.66. The van der Waals surface area contributed by atoms with Crippen LogP contribution in [-0.4, -0.2) is 98.7 Å². The molecule has 10 heteroatoms. The molecule has 0 spiro atoms. The van der Waals surface area contributed by atoms with Crippen molar-refractivity contribution in [1.29, 1.82) is 0 Å². The maximum Gasteiger partial charge on any atom is 0.249 e. The molecule has 0 saturated carbocycles. The number of carbonyl (C=O) groups excluding carboxylic acids is 1. The van der Waals surface area contributed by atoms with Crippen molar-refractivity contribution in [2.45, 2.75) is 365 Å². The second kappa shape index (κ2) is 52.0. The van der Waals surface area contributed by atoms with Crippen molar-refractivity contribution in [3.63, 3.8) is 0 Å². The molecule has 8 unspecified atom stereocenters. The second-order valence-electron chi connectivity index (χ2n) is 22.4. The minimum Gasteiger partial charge on any atom is -0.394 e. The second-order valence-corrected chi connectivity index (χ2v) is 22.4. The van der Waals surface area contributed by atoms with Gasteiger partial charge in [-0.25, -0.2) is 0 Å². The van der Waals surface area contributed by atoms with Gasteiger partial charge in [0.15, 0.2) is 6.29 Å². The molecule has 10 nitrogen and oxygen atoms in total. The summed E-state index contributed by atoms with van der Waals surface area (Å²) in [4.78, 5) is 13.1. The van der Waals surface area contributed by atoms with Crippen LogP contribution in [0.15, 0.2) is 12.2 Å². The quantitative estimate of drug-likeness (QED) is 0.0232. The predicted molar refractivity (Wildman–Crippen MR) is 301 cm³/mol. The zero-order valence-electron chi connectivity index (χ0n) is 47.3. The molecule has 1 aliphatic rings. The molecule has 0 aromatic rings. The third-order valence-corrected chi connectivity index (χ3v) is 15.5. The van der Waals surface area contributed by atoms with Crippen LogP contribution >= 0.6 is 0 Å². The lowest BCUT2D eigenvalue weighted by Crippen LogP contribution is -2.60. The average Bonchev–Trinajstić information content (AvgIpc) is 3.38. The van der Waals surface area contributed by atoms with Crippen LogP contribution in [0.25, 0.3) is 0 Å². The summed E-state index contributed by atoms with van der Waals surface area (Å²) < 4.78 is 11.2. The fourth-order valence-corrected chi connectivity index (χ4v) is 10.4. The number of aliphatic hydroxyl groups excluding tert-OH is 6. The molecule has 0 aliphatic carbocycles. The third kappa shape index (κ3) is 40.2. The zero-order chi connectivity index (χ0) is 52.4. The Hall–Kier alpha value is -1.11. The summed E-state index contributed by atoms with van der Waals surface area (Å²) in [6.07, 6.45) is 54.8. The number of amides is 1. The minimum atomic E-state index is -1.61. The van der Waals surface area contributed by atoms with Crippen molar-refractivity contribution >= 4 is 5.91 Å². The van der Waals surface area contributed by atoms with Gasteiger partial charge in [-0.1, -0.05) is 309 Å². The van der Waals surface area contributed by atoms with Gasteiger partial charge < -0.3 is 45.4 Å². The normalized spacial score (nSPS) is 19.6. The predicted octanol–water partition coefficient (Wildman–Crippen LogP) is 14.9. The molecular weight excluding hydrogens is 903 g/mol. The smallest absolute Gasteiger partial charge is 0.249 e. The average molecular weight is 1020 g/mol. The highest BCUT2D eigenvalue weighted by molar-refractivity contribution is 5.80. The Balaban J connectivity index is 2.15. The SMILES string of the molecule is CCCCCCCCCCCCCCCC/C=C/C(O)C(COC1OC(CO)C(O)C(O)C1O)NC(=O)C(O)CCCCCCCCCCCCCCCCCCCCCCCCCCCCCCCCC. The fourth-order valence-electron chi connectivity index (χ4n) is 10.4. The summed E-state index contributed by atoms with van der Waals surface area (Å²) >= 11 is 0. The van der Waals surface area contributed by atoms with Gasteiger partial charge in [0.2, 0.25) is 5.91 Å². The van der Waals surface area contributed by atoms with Crippen LogP contribution < -0.4 is 5.32 Å². The van der Waals surface area contributed by atoms with Gasteiger partial charge in [-0.2, -0.15) is 0 Å². The van der Waals surface area contributed by atoms with E-state index in [0.717, 1.165) is 44.9 Å².